The smallest absolute Gasteiger partial charge is 0.157 e. The van der Waals surface area contributed by atoms with E-state index < -0.39 is 0 Å². The maximum absolute atomic E-state index is 5.77. The summed E-state index contributed by atoms with van der Waals surface area (Å²) in [6.45, 7) is 5.72. The molecule has 1 atom stereocenters. The molecule has 0 spiro atoms. The second-order valence-corrected chi connectivity index (χ2v) is 4.21. The van der Waals surface area contributed by atoms with E-state index >= 15 is 0 Å². The van der Waals surface area contributed by atoms with Crippen molar-refractivity contribution in [3.8, 4) is 5.75 Å². The summed E-state index contributed by atoms with van der Waals surface area (Å²) in [5.41, 5.74) is 1.11. The molecule has 0 aliphatic rings. The largest absolute Gasteiger partial charge is 0.486 e. The summed E-state index contributed by atoms with van der Waals surface area (Å²) in [6, 6.07) is 10.1. The quantitative estimate of drug-likeness (QED) is 0.850. The number of ether oxygens (including phenoxy) is 1. The van der Waals surface area contributed by atoms with Crippen molar-refractivity contribution in [3.63, 3.8) is 0 Å². The number of benzene rings is 1. The first kappa shape index (κ1) is 12.5. The lowest BCUT2D eigenvalue weighted by Gasteiger charge is -2.14. The fourth-order valence-electron chi connectivity index (χ4n) is 1.67. The molecule has 1 N–H and O–H groups in total. The molecule has 0 aliphatic carbocycles. The molecule has 96 valence electrons. The lowest BCUT2D eigenvalue weighted by atomic mass is 10.3. The van der Waals surface area contributed by atoms with Gasteiger partial charge in [-0.15, -0.1) is 0 Å². The van der Waals surface area contributed by atoms with Gasteiger partial charge in [-0.05, 0) is 26.0 Å². The average Bonchev–Trinajstić information content (AvgIpc) is 2.85. The minimum atomic E-state index is 0.0970. The van der Waals surface area contributed by atoms with Gasteiger partial charge in [-0.2, -0.15) is 5.10 Å². The van der Waals surface area contributed by atoms with E-state index in [0.717, 1.165) is 24.5 Å². The summed E-state index contributed by atoms with van der Waals surface area (Å²) in [6.07, 6.45) is 3.77. The molecule has 1 unspecified atom stereocenters. The van der Waals surface area contributed by atoms with E-state index in [9.17, 15) is 0 Å². The number of aryl methyl sites for hydroxylation is 1. The molecule has 4 heteroatoms. The molecule has 4 nitrogen and oxygen atoms in total. The van der Waals surface area contributed by atoms with Gasteiger partial charge in [0.2, 0.25) is 0 Å². The Morgan fingerprint density at radius 3 is 2.78 bits per heavy atom. The van der Waals surface area contributed by atoms with Crippen LogP contribution in [0.4, 0.5) is 5.69 Å². The van der Waals surface area contributed by atoms with Gasteiger partial charge in [0.25, 0.3) is 0 Å². The number of para-hydroxylation sites is 1. The summed E-state index contributed by atoms with van der Waals surface area (Å²) in [4.78, 5) is 0. The van der Waals surface area contributed by atoms with Crippen molar-refractivity contribution in [1.29, 1.82) is 0 Å². The van der Waals surface area contributed by atoms with Crippen LogP contribution in [-0.2, 0) is 6.54 Å². The Labute approximate surface area is 108 Å². The number of anilines is 1. The van der Waals surface area contributed by atoms with Gasteiger partial charge in [0.15, 0.2) is 5.75 Å². The molecule has 1 aromatic carbocycles. The van der Waals surface area contributed by atoms with Crippen LogP contribution in [0.2, 0.25) is 0 Å². The predicted molar refractivity (Wildman–Crippen MR) is 72.9 cm³/mol. The van der Waals surface area contributed by atoms with Crippen LogP contribution < -0.4 is 10.1 Å². The lowest BCUT2D eigenvalue weighted by molar-refractivity contribution is 0.234. The topological polar surface area (TPSA) is 39.1 Å². The zero-order valence-corrected chi connectivity index (χ0v) is 10.8. The fraction of sp³-hybridized carbons (Fsp3) is 0.357. The van der Waals surface area contributed by atoms with Gasteiger partial charge in [-0.1, -0.05) is 18.2 Å². The molecule has 0 radical (unpaired) electrons. The van der Waals surface area contributed by atoms with E-state index in [1.165, 1.54) is 0 Å². The van der Waals surface area contributed by atoms with Crippen molar-refractivity contribution in [2.24, 2.45) is 0 Å². The van der Waals surface area contributed by atoms with E-state index in [-0.39, 0.29) is 6.10 Å². The zero-order chi connectivity index (χ0) is 12.8. The Balaban J connectivity index is 1.80. The maximum atomic E-state index is 5.77. The summed E-state index contributed by atoms with van der Waals surface area (Å²) in [7, 11) is 0. The highest BCUT2D eigenvalue weighted by Crippen LogP contribution is 2.11. The van der Waals surface area contributed by atoms with E-state index in [1.807, 2.05) is 48.1 Å². The molecular weight excluding hydrogens is 226 g/mol. The van der Waals surface area contributed by atoms with Crippen LogP contribution in [0.5, 0.6) is 5.75 Å². The molecule has 1 aromatic heterocycles. The molecule has 0 bridgehead atoms. The molecule has 1 heterocycles. The molecular formula is C14H19N3O. The Kier molecular flexibility index (Phi) is 4.23. The van der Waals surface area contributed by atoms with Crippen LogP contribution in [0.25, 0.3) is 0 Å². The van der Waals surface area contributed by atoms with Gasteiger partial charge in [0.05, 0.1) is 18.9 Å². The van der Waals surface area contributed by atoms with Crippen LogP contribution in [0, 0.1) is 0 Å². The SMILES string of the molecule is CCn1cc(OC(C)CNc2ccccc2)cn1. The van der Waals surface area contributed by atoms with Crippen molar-refractivity contribution in [3.05, 3.63) is 42.7 Å². The first-order valence-electron chi connectivity index (χ1n) is 6.26. The second-order valence-electron chi connectivity index (χ2n) is 4.21. The maximum Gasteiger partial charge on any atom is 0.157 e. The standard InChI is InChI=1S/C14H19N3O/c1-3-17-11-14(10-16-17)18-12(2)9-15-13-7-5-4-6-8-13/h4-8,10-12,15H,3,9H2,1-2H3. The van der Waals surface area contributed by atoms with Gasteiger partial charge in [0.1, 0.15) is 6.10 Å². The van der Waals surface area contributed by atoms with Crippen LogP contribution in [0.1, 0.15) is 13.8 Å². The van der Waals surface area contributed by atoms with Crippen molar-refractivity contribution in [1.82, 2.24) is 9.78 Å². The number of nitrogens with zero attached hydrogens (tertiary/aromatic N) is 2. The molecule has 0 saturated carbocycles. The van der Waals surface area contributed by atoms with Crippen LogP contribution in [0.15, 0.2) is 42.7 Å². The highest BCUT2D eigenvalue weighted by atomic mass is 16.5. The zero-order valence-electron chi connectivity index (χ0n) is 10.8. The van der Waals surface area contributed by atoms with E-state index in [2.05, 4.69) is 17.3 Å². The molecule has 0 fully saturated rings. The van der Waals surface area contributed by atoms with Crippen LogP contribution in [-0.4, -0.2) is 22.4 Å². The van der Waals surface area contributed by atoms with Crippen molar-refractivity contribution < 1.29 is 4.74 Å². The third kappa shape index (κ3) is 3.52. The number of rotatable bonds is 6. The predicted octanol–water partition coefficient (Wildman–Crippen LogP) is 2.78. The third-order valence-electron chi connectivity index (χ3n) is 2.64. The van der Waals surface area contributed by atoms with Crippen LogP contribution >= 0.6 is 0 Å². The lowest BCUT2D eigenvalue weighted by Crippen LogP contribution is -2.22. The molecule has 2 rings (SSSR count). The highest BCUT2D eigenvalue weighted by Gasteiger charge is 2.05. The van der Waals surface area contributed by atoms with Gasteiger partial charge in [0, 0.05) is 12.2 Å². The summed E-state index contributed by atoms with van der Waals surface area (Å²) >= 11 is 0. The molecule has 2 aromatic rings. The minimum absolute atomic E-state index is 0.0970. The van der Waals surface area contributed by atoms with Gasteiger partial charge in [-0.3, -0.25) is 4.68 Å². The van der Waals surface area contributed by atoms with Crippen molar-refractivity contribution in [2.45, 2.75) is 26.5 Å². The molecule has 0 aliphatic heterocycles. The van der Waals surface area contributed by atoms with Gasteiger partial charge in [-0.25, -0.2) is 0 Å². The monoisotopic (exact) mass is 245 g/mol. The van der Waals surface area contributed by atoms with E-state index in [0.29, 0.717) is 0 Å². The van der Waals surface area contributed by atoms with Crippen molar-refractivity contribution in [2.75, 3.05) is 11.9 Å². The van der Waals surface area contributed by atoms with Crippen LogP contribution in [0.3, 0.4) is 0 Å². The second kappa shape index (κ2) is 6.10. The summed E-state index contributed by atoms with van der Waals surface area (Å²) in [5, 5.41) is 7.51. The minimum Gasteiger partial charge on any atom is -0.486 e. The Morgan fingerprint density at radius 1 is 1.33 bits per heavy atom. The van der Waals surface area contributed by atoms with Gasteiger partial charge >= 0.3 is 0 Å². The Morgan fingerprint density at radius 2 is 2.11 bits per heavy atom. The van der Waals surface area contributed by atoms with E-state index in [4.69, 9.17) is 4.74 Å². The number of hydrogen-bond acceptors (Lipinski definition) is 3. The van der Waals surface area contributed by atoms with Gasteiger partial charge < -0.3 is 10.1 Å². The average molecular weight is 245 g/mol. The van der Waals surface area contributed by atoms with Crippen molar-refractivity contribution >= 4 is 5.69 Å². The number of hydrogen-bond donors (Lipinski definition) is 1. The van der Waals surface area contributed by atoms with E-state index in [1.54, 1.807) is 6.20 Å². The summed E-state index contributed by atoms with van der Waals surface area (Å²) < 4.78 is 7.63. The molecule has 0 amide bonds. The first-order valence-corrected chi connectivity index (χ1v) is 6.26. The third-order valence-corrected chi connectivity index (χ3v) is 2.64. The summed E-state index contributed by atoms with van der Waals surface area (Å²) in [5.74, 6) is 0.819. The number of nitrogens with one attached hydrogen (secondary N) is 1. The molecule has 18 heavy (non-hydrogen) atoms. The first-order chi connectivity index (χ1) is 8.78. The Hall–Kier alpha value is -1.97. The fourth-order valence-corrected chi connectivity index (χ4v) is 1.67. The number of aromatic nitrogens is 2. The normalized spacial score (nSPS) is 12.1. The highest BCUT2D eigenvalue weighted by molar-refractivity contribution is 5.42. The molecule has 0 saturated heterocycles. The Bertz CT molecular complexity index is 467.